The summed E-state index contributed by atoms with van der Waals surface area (Å²) >= 11 is 0. The monoisotopic (exact) mass is 517 g/mol. The predicted octanol–water partition coefficient (Wildman–Crippen LogP) is 0.297. The fourth-order valence-corrected chi connectivity index (χ4v) is 4.51. The zero-order valence-electron chi connectivity index (χ0n) is 20.9. The average molecular weight is 518 g/mol. The molecule has 0 aromatic carbocycles. The van der Waals surface area contributed by atoms with Crippen LogP contribution in [-0.2, 0) is 11.3 Å². The number of primary amides is 1. The van der Waals surface area contributed by atoms with E-state index in [0.717, 1.165) is 5.56 Å². The molecule has 1 fully saturated rings. The molecule has 0 bridgehead atoms. The molecule has 0 unspecified atom stereocenters. The number of nitrogens with two attached hydrogens (primary N) is 1. The molecule has 3 atom stereocenters. The van der Waals surface area contributed by atoms with Gasteiger partial charge in [0.25, 0.3) is 5.91 Å². The number of carbonyl (C=O) groups excluding carboxylic acids is 1. The van der Waals surface area contributed by atoms with Crippen molar-refractivity contribution in [2.75, 3.05) is 37.0 Å². The van der Waals surface area contributed by atoms with Gasteiger partial charge in [0.1, 0.15) is 6.07 Å². The van der Waals surface area contributed by atoms with Crippen LogP contribution >= 0.6 is 0 Å². The van der Waals surface area contributed by atoms with E-state index in [9.17, 15) is 9.90 Å². The van der Waals surface area contributed by atoms with Gasteiger partial charge in [0.15, 0.2) is 5.65 Å². The highest BCUT2D eigenvalue weighted by Gasteiger charge is 2.32. The molecule has 5 rings (SSSR count). The minimum atomic E-state index is -0.688. The lowest BCUT2D eigenvalue weighted by molar-refractivity contribution is 0.0514. The zero-order valence-corrected chi connectivity index (χ0v) is 20.9. The first-order valence-electron chi connectivity index (χ1n) is 12.0. The van der Waals surface area contributed by atoms with Crippen molar-refractivity contribution in [3.63, 3.8) is 0 Å². The summed E-state index contributed by atoms with van der Waals surface area (Å²) < 4.78 is 8.17. The third-order valence-electron chi connectivity index (χ3n) is 6.44. The van der Waals surface area contributed by atoms with Gasteiger partial charge in [-0.2, -0.15) is 15.5 Å². The first kappa shape index (κ1) is 25.1. The molecule has 14 nitrogen and oxygen atoms in total. The SMILES string of the molecule is COC[C@H](O)Cn1cc(-c2cn3ncc(C(N)=O)c(N[C@@H]4CN(c5ncc(C#N)cn5)C[C@H]4C)c3n2)cn1. The fourth-order valence-electron chi connectivity index (χ4n) is 4.51. The average Bonchev–Trinajstić information content (AvgIpc) is 3.63. The molecule has 4 aromatic rings. The number of hydrogen-bond acceptors (Lipinski definition) is 11. The number of rotatable bonds is 9. The number of anilines is 2. The smallest absolute Gasteiger partial charge is 0.252 e. The van der Waals surface area contributed by atoms with E-state index >= 15 is 0 Å². The van der Waals surface area contributed by atoms with Crippen LogP contribution in [0, 0.1) is 17.2 Å². The topological polar surface area (TPSA) is 185 Å². The lowest BCUT2D eigenvalue weighted by atomic mass is 10.1. The summed E-state index contributed by atoms with van der Waals surface area (Å²) in [6.07, 6.45) is 8.90. The molecule has 5 heterocycles. The molecule has 14 heteroatoms. The van der Waals surface area contributed by atoms with Crippen molar-refractivity contribution < 1.29 is 14.6 Å². The Hall–Kier alpha value is -4.61. The van der Waals surface area contributed by atoms with E-state index in [4.69, 9.17) is 20.7 Å². The summed E-state index contributed by atoms with van der Waals surface area (Å²) in [5, 5.41) is 31.1. The van der Waals surface area contributed by atoms with Crippen LogP contribution in [0.1, 0.15) is 22.8 Å². The van der Waals surface area contributed by atoms with Crippen molar-refractivity contribution in [3.8, 4) is 17.3 Å². The summed E-state index contributed by atoms with van der Waals surface area (Å²) in [5.74, 6) is 0.0881. The molecule has 4 aromatic heterocycles. The van der Waals surface area contributed by atoms with Crippen LogP contribution in [0.25, 0.3) is 16.9 Å². The van der Waals surface area contributed by atoms with Gasteiger partial charge in [-0.3, -0.25) is 9.48 Å². The molecule has 1 amide bonds. The second kappa shape index (κ2) is 10.4. The summed E-state index contributed by atoms with van der Waals surface area (Å²) in [6, 6.07) is 1.95. The maximum Gasteiger partial charge on any atom is 0.252 e. The second-order valence-corrected chi connectivity index (χ2v) is 9.27. The lowest BCUT2D eigenvalue weighted by Crippen LogP contribution is -2.30. The quantitative estimate of drug-likeness (QED) is 0.277. The largest absolute Gasteiger partial charge is 0.389 e. The van der Waals surface area contributed by atoms with Crippen LogP contribution in [0.15, 0.2) is 37.2 Å². The maximum absolute atomic E-state index is 12.3. The van der Waals surface area contributed by atoms with Crippen LogP contribution in [0.4, 0.5) is 11.6 Å². The molecule has 38 heavy (non-hydrogen) atoms. The Morgan fingerprint density at radius 1 is 1.26 bits per heavy atom. The summed E-state index contributed by atoms with van der Waals surface area (Å²) in [7, 11) is 1.53. The lowest BCUT2D eigenvalue weighted by Gasteiger charge is -2.20. The third kappa shape index (κ3) is 4.97. The highest BCUT2D eigenvalue weighted by Crippen LogP contribution is 2.29. The number of ether oxygens (including phenoxy) is 1. The van der Waals surface area contributed by atoms with Gasteiger partial charge < -0.3 is 25.8 Å². The number of nitriles is 1. The van der Waals surface area contributed by atoms with Gasteiger partial charge in [-0.25, -0.2) is 19.5 Å². The number of nitrogens with zero attached hydrogens (tertiary/aromatic N) is 9. The van der Waals surface area contributed by atoms with Gasteiger partial charge in [0.05, 0.1) is 72.7 Å². The number of fused-ring (bicyclic) bond motifs is 1. The third-order valence-corrected chi connectivity index (χ3v) is 6.44. The molecule has 0 spiro atoms. The van der Waals surface area contributed by atoms with E-state index in [1.807, 2.05) is 11.0 Å². The number of nitrogens with one attached hydrogen (secondary N) is 1. The van der Waals surface area contributed by atoms with Gasteiger partial charge in [0.2, 0.25) is 5.95 Å². The molecule has 4 N–H and O–H groups in total. The molecule has 0 aliphatic carbocycles. The van der Waals surface area contributed by atoms with Gasteiger partial charge in [-0.1, -0.05) is 6.92 Å². The first-order chi connectivity index (χ1) is 18.4. The van der Waals surface area contributed by atoms with Crippen LogP contribution in [-0.4, -0.2) is 84.3 Å². The molecular formula is C24H27N11O3. The molecule has 0 saturated carbocycles. The standard InChI is InChI=1S/C24H27N11O3/c1-14-8-33(24-27-4-15(3-25)5-28-24)11-19(14)31-21-18(22(26)37)7-30-35-12-20(32-23(21)35)16-6-29-34(9-16)10-17(36)13-38-2/h4-7,9,12,14,17,19,31,36H,8,10-11,13H2,1-2H3,(H2,26,37)/t14-,17-,19-/m1/s1. The Morgan fingerprint density at radius 2 is 2.05 bits per heavy atom. The normalized spacial score (nSPS) is 18.0. The molecule has 1 saturated heterocycles. The predicted molar refractivity (Wildman–Crippen MR) is 136 cm³/mol. The highest BCUT2D eigenvalue weighted by atomic mass is 16.5. The Labute approximate surface area is 217 Å². The number of aliphatic hydroxyl groups is 1. The van der Waals surface area contributed by atoms with Crippen molar-refractivity contribution >= 4 is 23.2 Å². The number of hydrogen-bond donors (Lipinski definition) is 3. The first-order valence-corrected chi connectivity index (χ1v) is 12.0. The number of imidazole rings is 1. The van der Waals surface area contributed by atoms with Crippen molar-refractivity contribution in [2.24, 2.45) is 11.7 Å². The summed E-state index contributed by atoms with van der Waals surface area (Å²) in [6.45, 7) is 3.82. The zero-order chi connectivity index (χ0) is 26.8. The maximum atomic E-state index is 12.3. The van der Waals surface area contributed by atoms with E-state index < -0.39 is 12.0 Å². The second-order valence-electron chi connectivity index (χ2n) is 9.27. The van der Waals surface area contributed by atoms with E-state index in [0.29, 0.717) is 41.6 Å². The van der Waals surface area contributed by atoms with E-state index in [1.165, 1.54) is 25.7 Å². The summed E-state index contributed by atoms with van der Waals surface area (Å²) in [4.78, 5) is 27.7. The van der Waals surface area contributed by atoms with Crippen molar-refractivity contribution in [1.82, 2.24) is 34.3 Å². The van der Waals surface area contributed by atoms with E-state index in [2.05, 4.69) is 32.4 Å². The molecule has 196 valence electrons. The number of amides is 1. The highest BCUT2D eigenvalue weighted by molar-refractivity contribution is 6.01. The molecule has 1 aliphatic heterocycles. The molecular weight excluding hydrogens is 490 g/mol. The van der Waals surface area contributed by atoms with Gasteiger partial charge in [0, 0.05) is 38.0 Å². The Kier molecular flexibility index (Phi) is 6.86. The van der Waals surface area contributed by atoms with Crippen molar-refractivity contribution in [1.29, 1.82) is 5.26 Å². The molecule has 1 aliphatic rings. The van der Waals surface area contributed by atoms with E-state index in [-0.39, 0.29) is 30.7 Å². The number of aliphatic hydroxyl groups excluding tert-OH is 1. The van der Waals surface area contributed by atoms with Crippen LogP contribution in [0.5, 0.6) is 0 Å². The molecule has 0 radical (unpaired) electrons. The van der Waals surface area contributed by atoms with Gasteiger partial charge in [-0.15, -0.1) is 0 Å². The van der Waals surface area contributed by atoms with Crippen molar-refractivity contribution in [2.45, 2.75) is 25.6 Å². The van der Waals surface area contributed by atoms with Crippen LogP contribution in [0.3, 0.4) is 0 Å². The fraction of sp³-hybridized carbons (Fsp3) is 0.375. The minimum Gasteiger partial charge on any atom is -0.389 e. The van der Waals surface area contributed by atoms with Gasteiger partial charge in [-0.05, 0) is 5.92 Å². The van der Waals surface area contributed by atoms with Crippen molar-refractivity contribution in [3.05, 3.63) is 48.3 Å². The Morgan fingerprint density at radius 3 is 2.76 bits per heavy atom. The Bertz CT molecular complexity index is 1490. The van der Waals surface area contributed by atoms with Crippen LogP contribution < -0.4 is 16.0 Å². The van der Waals surface area contributed by atoms with Crippen LogP contribution in [0.2, 0.25) is 0 Å². The Balaban J connectivity index is 1.42. The van der Waals surface area contributed by atoms with Gasteiger partial charge >= 0.3 is 0 Å². The van der Waals surface area contributed by atoms with E-state index in [1.54, 1.807) is 27.8 Å². The number of methoxy groups -OCH3 is 1. The minimum absolute atomic E-state index is 0.0660. The number of aromatic nitrogens is 7. The summed E-state index contributed by atoms with van der Waals surface area (Å²) in [5.41, 5.74) is 8.58. The number of carbonyl (C=O) groups is 1.